The van der Waals surface area contributed by atoms with Crippen LogP contribution in [0.2, 0.25) is 0 Å². The Labute approximate surface area is 113 Å². The van der Waals surface area contributed by atoms with Crippen molar-refractivity contribution < 1.29 is 14.6 Å². The van der Waals surface area contributed by atoms with E-state index in [2.05, 4.69) is 18.3 Å². The van der Waals surface area contributed by atoms with Crippen LogP contribution in [0.25, 0.3) is 0 Å². The van der Waals surface area contributed by atoms with Crippen molar-refractivity contribution in [3.8, 4) is 11.5 Å². The first-order valence-electron chi connectivity index (χ1n) is 6.96. The molecule has 1 fully saturated rings. The first-order valence-corrected chi connectivity index (χ1v) is 6.96. The van der Waals surface area contributed by atoms with Crippen molar-refractivity contribution in [2.75, 3.05) is 13.4 Å². The van der Waals surface area contributed by atoms with Crippen LogP contribution >= 0.6 is 0 Å². The first-order chi connectivity index (χ1) is 9.18. The van der Waals surface area contributed by atoms with Gasteiger partial charge in [0.2, 0.25) is 6.79 Å². The molecule has 2 aliphatic rings. The molecule has 0 aromatic heterocycles. The van der Waals surface area contributed by atoms with E-state index in [9.17, 15) is 5.11 Å². The Hall–Kier alpha value is -1.26. The van der Waals surface area contributed by atoms with Gasteiger partial charge in [-0.3, -0.25) is 0 Å². The van der Waals surface area contributed by atoms with Gasteiger partial charge in [0.1, 0.15) is 0 Å². The van der Waals surface area contributed by atoms with Gasteiger partial charge < -0.3 is 19.9 Å². The number of ether oxygens (including phenoxy) is 2. The second kappa shape index (κ2) is 5.02. The van der Waals surface area contributed by atoms with Gasteiger partial charge in [0, 0.05) is 11.6 Å². The summed E-state index contributed by atoms with van der Waals surface area (Å²) < 4.78 is 10.7. The second-order valence-electron chi connectivity index (χ2n) is 5.82. The minimum absolute atomic E-state index is 0.175. The Balaban J connectivity index is 1.61. The zero-order valence-electron chi connectivity index (χ0n) is 11.3. The summed E-state index contributed by atoms with van der Waals surface area (Å²) >= 11 is 0. The normalized spacial score (nSPS) is 20.3. The van der Waals surface area contributed by atoms with Crippen molar-refractivity contribution in [1.82, 2.24) is 5.32 Å². The summed E-state index contributed by atoms with van der Waals surface area (Å²) in [6.45, 7) is 2.59. The highest BCUT2D eigenvalue weighted by Gasteiger charge is 2.31. The summed E-state index contributed by atoms with van der Waals surface area (Å²) in [6.07, 6.45) is 4.31. The molecule has 0 bridgehead atoms. The molecule has 4 nitrogen and oxygen atoms in total. The Morgan fingerprint density at radius 2 is 2.11 bits per heavy atom. The molecule has 1 aliphatic carbocycles. The molecule has 1 heterocycles. The number of hydrogen-bond donors (Lipinski definition) is 2. The van der Waals surface area contributed by atoms with E-state index in [0.29, 0.717) is 12.8 Å². The van der Waals surface area contributed by atoms with Crippen LogP contribution < -0.4 is 14.8 Å². The van der Waals surface area contributed by atoms with Crippen molar-refractivity contribution in [3.05, 3.63) is 23.8 Å². The van der Waals surface area contributed by atoms with Gasteiger partial charge in [-0.1, -0.05) is 6.07 Å². The van der Waals surface area contributed by atoms with Crippen LogP contribution in [0.5, 0.6) is 11.5 Å². The number of aliphatic hydroxyl groups excluding tert-OH is 1. The lowest BCUT2D eigenvalue weighted by Gasteiger charge is -2.29. The van der Waals surface area contributed by atoms with E-state index in [4.69, 9.17) is 9.47 Å². The molecule has 0 radical (unpaired) electrons. The summed E-state index contributed by atoms with van der Waals surface area (Å²) in [6, 6.07) is 6.68. The van der Waals surface area contributed by atoms with Gasteiger partial charge in [0.05, 0.1) is 6.61 Å². The van der Waals surface area contributed by atoms with Crippen molar-refractivity contribution >= 4 is 0 Å². The smallest absolute Gasteiger partial charge is 0.231 e. The van der Waals surface area contributed by atoms with Crippen molar-refractivity contribution in [2.45, 2.75) is 44.2 Å². The molecule has 3 rings (SSSR count). The quantitative estimate of drug-likeness (QED) is 0.822. The Morgan fingerprint density at radius 3 is 2.84 bits per heavy atom. The van der Waals surface area contributed by atoms with E-state index in [1.807, 2.05) is 12.1 Å². The third-order valence-corrected chi connectivity index (χ3v) is 3.88. The molecule has 1 unspecified atom stereocenters. The van der Waals surface area contributed by atoms with Crippen LogP contribution in [0.15, 0.2) is 18.2 Å². The lowest BCUT2D eigenvalue weighted by Crippen LogP contribution is -2.47. The summed E-state index contributed by atoms with van der Waals surface area (Å²) in [4.78, 5) is 0. The predicted molar refractivity (Wildman–Crippen MR) is 72.5 cm³/mol. The van der Waals surface area contributed by atoms with Crippen LogP contribution in [-0.4, -0.2) is 30.1 Å². The van der Waals surface area contributed by atoms with Crippen LogP contribution in [0.4, 0.5) is 0 Å². The second-order valence-corrected chi connectivity index (χ2v) is 5.82. The highest BCUT2D eigenvalue weighted by molar-refractivity contribution is 5.44. The van der Waals surface area contributed by atoms with E-state index >= 15 is 0 Å². The Kier molecular flexibility index (Phi) is 3.37. The van der Waals surface area contributed by atoms with Gasteiger partial charge in [-0.2, -0.15) is 0 Å². The Bertz CT molecular complexity index is 459. The maximum atomic E-state index is 9.59. The summed E-state index contributed by atoms with van der Waals surface area (Å²) in [5, 5.41) is 13.1. The van der Waals surface area contributed by atoms with E-state index in [1.54, 1.807) is 0 Å². The molecule has 0 amide bonds. The highest BCUT2D eigenvalue weighted by atomic mass is 16.7. The summed E-state index contributed by atoms with van der Waals surface area (Å²) in [5.41, 5.74) is 1.04. The van der Waals surface area contributed by atoms with Crippen LogP contribution in [0.1, 0.15) is 31.7 Å². The maximum Gasteiger partial charge on any atom is 0.231 e. The van der Waals surface area contributed by atoms with E-state index in [1.165, 1.54) is 18.4 Å². The average Bonchev–Trinajstić information content (AvgIpc) is 3.10. The molecule has 1 saturated carbocycles. The van der Waals surface area contributed by atoms with Crippen LogP contribution in [0.3, 0.4) is 0 Å². The topological polar surface area (TPSA) is 50.7 Å². The molecule has 0 spiro atoms. The number of aliphatic hydroxyl groups is 1. The number of aryl methyl sites for hydroxylation is 1. The minimum Gasteiger partial charge on any atom is -0.454 e. The fourth-order valence-electron chi connectivity index (χ4n) is 2.43. The average molecular weight is 263 g/mol. The van der Waals surface area contributed by atoms with Gasteiger partial charge >= 0.3 is 0 Å². The number of benzene rings is 1. The molecular weight excluding hydrogens is 242 g/mol. The van der Waals surface area contributed by atoms with Gasteiger partial charge in [-0.25, -0.2) is 0 Å². The first kappa shape index (κ1) is 12.8. The predicted octanol–water partition coefficient (Wildman–Crippen LogP) is 1.85. The summed E-state index contributed by atoms with van der Waals surface area (Å²) in [7, 11) is 0. The lowest BCUT2D eigenvalue weighted by molar-refractivity contribution is 0.164. The van der Waals surface area contributed by atoms with Crippen LogP contribution in [-0.2, 0) is 6.42 Å². The third-order valence-electron chi connectivity index (χ3n) is 3.88. The van der Waals surface area contributed by atoms with Gasteiger partial charge in [-0.15, -0.1) is 0 Å². The molecule has 4 heteroatoms. The maximum absolute atomic E-state index is 9.59. The molecule has 1 aliphatic heterocycles. The van der Waals surface area contributed by atoms with Gasteiger partial charge in [0.25, 0.3) is 0 Å². The number of hydrogen-bond acceptors (Lipinski definition) is 4. The number of fused-ring (bicyclic) bond motifs is 1. The molecule has 1 aromatic rings. The zero-order chi connectivity index (χ0) is 13.3. The number of nitrogens with one attached hydrogen (secondary N) is 1. The fourth-order valence-corrected chi connectivity index (χ4v) is 2.43. The van der Waals surface area contributed by atoms with Gasteiger partial charge in [0.15, 0.2) is 11.5 Å². The molecular formula is C15H21NO3. The minimum atomic E-state index is -0.183. The van der Waals surface area contributed by atoms with Crippen LogP contribution in [0, 0.1) is 0 Å². The number of rotatable bonds is 6. The monoisotopic (exact) mass is 263 g/mol. The van der Waals surface area contributed by atoms with Crippen molar-refractivity contribution in [1.29, 1.82) is 0 Å². The molecule has 1 aromatic carbocycles. The van der Waals surface area contributed by atoms with Crippen molar-refractivity contribution in [3.63, 3.8) is 0 Å². The Morgan fingerprint density at radius 1 is 1.32 bits per heavy atom. The molecule has 19 heavy (non-hydrogen) atoms. The molecule has 104 valence electrons. The van der Waals surface area contributed by atoms with Crippen molar-refractivity contribution in [2.24, 2.45) is 0 Å². The fraction of sp³-hybridized carbons (Fsp3) is 0.600. The molecule has 1 atom stereocenters. The largest absolute Gasteiger partial charge is 0.454 e. The SMILES string of the molecule is CC(CO)(CCc1ccc2c(c1)OCO2)NC1CC1. The van der Waals surface area contributed by atoms with Gasteiger partial charge in [-0.05, 0) is 50.3 Å². The summed E-state index contributed by atoms with van der Waals surface area (Å²) in [5.74, 6) is 1.66. The zero-order valence-corrected chi connectivity index (χ0v) is 11.3. The van der Waals surface area contributed by atoms with E-state index in [-0.39, 0.29) is 12.1 Å². The standard InChI is InChI=1S/C15H21NO3/c1-15(9-17,16-12-3-4-12)7-6-11-2-5-13-14(8-11)19-10-18-13/h2,5,8,12,16-17H,3-4,6-7,9-10H2,1H3. The molecule has 0 saturated heterocycles. The highest BCUT2D eigenvalue weighted by Crippen LogP contribution is 2.33. The van der Waals surface area contributed by atoms with E-state index in [0.717, 1.165) is 24.3 Å². The lowest BCUT2D eigenvalue weighted by atomic mass is 9.93. The van der Waals surface area contributed by atoms with E-state index < -0.39 is 0 Å². The molecule has 2 N–H and O–H groups in total. The third kappa shape index (κ3) is 3.01.